The molecule has 0 bridgehead atoms. The van der Waals surface area contributed by atoms with Gasteiger partial charge >= 0.3 is 5.97 Å². The van der Waals surface area contributed by atoms with Crippen LogP contribution in [-0.4, -0.2) is 17.6 Å². The number of rotatable bonds is 4. The molecule has 2 N–H and O–H groups in total. The summed E-state index contributed by atoms with van der Waals surface area (Å²) in [5.41, 5.74) is 1.55. The minimum atomic E-state index is -0.839. The van der Waals surface area contributed by atoms with E-state index in [1.807, 2.05) is 5.38 Å². The molecule has 0 fully saturated rings. The van der Waals surface area contributed by atoms with Gasteiger partial charge in [-0.15, -0.1) is 11.3 Å². The lowest BCUT2D eigenvalue weighted by Crippen LogP contribution is -2.19. The van der Waals surface area contributed by atoms with Crippen LogP contribution in [0.3, 0.4) is 0 Å². The molecule has 1 aromatic rings. The summed E-state index contributed by atoms with van der Waals surface area (Å²) in [7, 11) is 0. The molecule has 0 amide bonds. The molecule has 1 atom stereocenters. The van der Waals surface area contributed by atoms with Crippen LogP contribution >= 0.6 is 11.3 Å². The summed E-state index contributed by atoms with van der Waals surface area (Å²) in [6, 6.07) is 2.20. The van der Waals surface area contributed by atoms with Gasteiger partial charge in [-0.1, -0.05) is 27.7 Å². The molecule has 0 spiro atoms. The highest BCUT2D eigenvalue weighted by atomic mass is 32.1. The van der Waals surface area contributed by atoms with E-state index in [0.29, 0.717) is 12.1 Å². The lowest BCUT2D eigenvalue weighted by Gasteiger charge is -2.17. The fourth-order valence-electron chi connectivity index (χ4n) is 1.48. The summed E-state index contributed by atoms with van der Waals surface area (Å²) in [5.74, 6) is -1.31. The molecular weight excluding hydrogens is 248 g/mol. The molecule has 0 aliphatic heterocycles. The Balaban J connectivity index is 2.89. The Labute approximate surface area is 111 Å². The van der Waals surface area contributed by atoms with Gasteiger partial charge < -0.3 is 10.4 Å². The van der Waals surface area contributed by atoms with Crippen molar-refractivity contribution in [1.82, 2.24) is 0 Å². The minimum absolute atomic E-state index is 0.0834. The maximum absolute atomic E-state index is 10.7. The van der Waals surface area contributed by atoms with Crippen LogP contribution in [0.15, 0.2) is 5.38 Å². The van der Waals surface area contributed by atoms with Crippen molar-refractivity contribution in [3.05, 3.63) is 16.5 Å². The summed E-state index contributed by atoms with van der Waals surface area (Å²) >= 11 is 1.45. The Kier molecular flexibility index (Phi) is 4.36. The number of nitrogens with zero attached hydrogens (tertiary/aromatic N) is 1. The van der Waals surface area contributed by atoms with Gasteiger partial charge in [0.25, 0.3) is 0 Å². The maximum Gasteiger partial charge on any atom is 0.308 e. The molecule has 0 aliphatic rings. The van der Waals surface area contributed by atoms with Gasteiger partial charge in [-0.05, 0) is 16.4 Å². The minimum Gasteiger partial charge on any atom is -0.481 e. The number of thiophene rings is 1. The normalized spacial score (nSPS) is 12.8. The third-order valence-electron chi connectivity index (χ3n) is 2.70. The monoisotopic (exact) mass is 266 g/mol. The van der Waals surface area contributed by atoms with Crippen molar-refractivity contribution >= 4 is 22.3 Å². The Morgan fingerprint density at radius 2 is 2.22 bits per heavy atom. The van der Waals surface area contributed by atoms with Crippen molar-refractivity contribution in [3.63, 3.8) is 0 Å². The van der Waals surface area contributed by atoms with Crippen LogP contribution in [0, 0.1) is 17.2 Å². The van der Waals surface area contributed by atoms with E-state index < -0.39 is 11.9 Å². The molecule has 0 radical (unpaired) electrons. The van der Waals surface area contributed by atoms with Crippen LogP contribution in [0.2, 0.25) is 0 Å². The zero-order valence-electron chi connectivity index (χ0n) is 11.1. The summed E-state index contributed by atoms with van der Waals surface area (Å²) in [6.45, 7) is 8.13. The summed E-state index contributed by atoms with van der Waals surface area (Å²) in [4.78, 5) is 10.7. The van der Waals surface area contributed by atoms with Crippen LogP contribution < -0.4 is 5.32 Å². The predicted molar refractivity (Wildman–Crippen MR) is 73.0 cm³/mol. The molecule has 0 aromatic carbocycles. The average molecular weight is 266 g/mol. The number of aliphatic carboxylic acids is 1. The first-order valence-corrected chi connectivity index (χ1v) is 6.64. The number of carboxylic acid groups (broad SMARTS) is 1. The number of hydrogen-bond acceptors (Lipinski definition) is 4. The average Bonchev–Trinajstić information content (AvgIpc) is 2.67. The second-order valence-electron chi connectivity index (χ2n) is 5.34. The molecule has 1 heterocycles. The molecule has 0 aliphatic carbocycles. The van der Waals surface area contributed by atoms with Crippen molar-refractivity contribution in [2.45, 2.75) is 33.1 Å². The summed E-state index contributed by atoms with van der Waals surface area (Å²) < 4.78 is 0. The maximum atomic E-state index is 10.7. The summed E-state index contributed by atoms with van der Waals surface area (Å²) in [5, 5.41) is 23.8. The molecule has 1 unspecified atom stereocenters. The zero-order valence-corrected chi connectivity index (χ0v) is 11.9. The van der Waals surface area contributed by atoms with Gasteiger partial charge in [0, 0.05) is 6.54 Å². The standard InChI is InChI=1S/C13H18N2O2S/c1-8(12(16)17)6-15-11-9(5-14)10(7-18-11)13(2,3)4/h7-8,15H,6H2,1-4H3,(H,16,17). The van der Waals surface area contributed by atoms with Crippen LogP contribution in [0.4, 0.5) is 5.00 Å². The van der Waals surface area contributed by atoms with Crippen LogP contribution in [-0.2, 0) is 10.2 Å². The number of nitriles is 1. The van der Waals surface area contributed by atoms with E-state index in [-0.39, 0.29) is 5.41 Å². The highest BCUT2D eigenvalue weighted by Crippen LogP contribution is 2.35. The summed E-state index contributed by atoms with van der Waals surface area (Å²) in [6.07, 6.45) is 0. The molecule has 4 nitrogen and oxygen atoms in total. The topological polar surface area (TPSA) is 73.1 Å². The Bertz CT molecular complexity index is 480. The Morgan fingerprint density at radius 1 is 1.61 bits per heavy atom. The smallest absolute Gasteiger partial charge is 0.308 e. The van der Waals surface area contributed by atoms with Gasteiger partial charge in [-0.25, -0.2) is 0 Å². The first-order chi connectivity index (χ1) is 8.27. The number of nitrogens with one attached hydrogen (secondary N) is 1. The van der Waals surface area contributed by atoms with E-state index in [2.05, 4.69) is 32.2 Å². The van der Waals surface area contributed by atoms with E-state index in [9.17, 15) is 10.1 Å². The molecule has 18 heavy (non-hydrogen) atoms. The van der Waals surface area contributed by atoms with Gasteiger partial charge in [0.05, 0.1) is 11.5 Å². The highest BCUT2D eigenvalue weighted by molar-refractivity contribution is 7.14. The number of hydrogen-bond donors (Lipinski definition) is 2. The van der Waals surface area contributed by atoms with Gasteiger partial charge in [-0.3, -0.25) is 4.79 Å². The molecule has 98 valence electrons. The molecule has 5 heteroatoms. The Hall–Kier alpha value is -1.54. The van der Waals surface area contributed by atoms with Gasteiger partial charge in [0.1, 0.15) is 11.1 Å². The number of anilines is 1. The number of carboxylic acids is 1. The second kappa shape index (κ2) is 5.40. The predicted octanol–water partition coefficient (Wildman–Crippen LogP) is 3.05. The fourth-order valence-corrected chi connectivity index (χ4v) is 2.63. The van der Waals surface area contributed by atoms with Crippen LogP contribution in [0.1, 0.15) is 38.8 Å². The van der Waals surface area contributed by atoms with Crippen molar-refractivity contribution in [2.24, 2.45) is 5.92 Å². The second-order valence-corrected chi connectivity index (χ2v) is 6.22. The van der Waals surface area contributed by atoms with Crippen molar-refractivity contribution in [1.29, 1.82) is 5.26 Å². The highest BCUT2D eigenvalue weighted by Gasteiger charge is 2.22. The lowest BCUT2D eigenvalue weighted by atomic mass is 9.86. The number of carbonyl (C=O) groups is 1. The first-order valence-electron chi connectivity index (χ1n) is 5.76. The van der Waals surface area contributed by atoms with Crippen LogP contribution in [0.25, 0.3) is 0 Å². The first kappa shape index (κ1) is 14.5. The van der Waals surface area contributed by atoms with Crippen molar-refractivity contribution in [3.8, 4) is 6.07 Å². The van der Waals surface area contributed by atoms with E-state index in [4.69, 9.17) is 5.11 Å². The van der Waals surface area contributed by atoms with Crippen LogP contribution in [0.5, 0.6) is 0 Å². The zero-order chi connectivity index (χ0) is 13.9. The largest absolute Gasteiger partial charge is 0.481 e. The quantitative estimate of drug-likeness (QED) is 0.878. The Morgan fingerprint density at radius 3 is 2.67 bits per heavy atom. The molecular formula is C13H18N2O2S. The van der Waals surface area contributed by atoms with Crippen molar-refractivity contribution < 1.29 is 9.90 Å². The van der Waals surface area contributed by atoms with Gasteiger partial charge in [-0.2, -0.15) is 5.26 Å². The van der Waals surface area contributed by atoms with Crippen molar-refractivity contribution in [2.75, 3.05) is 11.9 Å². The SMILES string of the molecule is CC(CNc1scc(C(C)(C)C)c1C#N)C(=O)O. The van der Waals surface area contributed by atoms with Gasteiger partial charge in [0.15, 0.2) is 0 Å². The third-order valence-corrected chi connectivity index (χ3v) is 3.64. The van der Waals surface area contributed by atoms with E-state index in [0.717, 1.165) is 10.6 Å². The van der Waals surface area contributed by atoms with E-state index >= 15 is 0 Å². The molecule has 0 saturated heterocycles. The lowest BCUT2D eigenvalue weighted by molar-refractivity contribution is -0.140. The molecule has 0 saturated carbocycles. The van der Waals surface area contributed by atoms with E-state index in [1.54, 1.807) is 6.92 Å². The molecule has 1 rings (SSSR count). The fraction of sp³-hybridized carbons (Fsp3) is 0.538. The molecule has 1 aromatic heterocycles. The third kappa shape index (κ3) is 3.23. The van der Waals surface area contributed by atoms with E-state index in [1.165, 1.54) is 11.3 Å². The van der Waals surface area contributed by atoms with Gasteiger partial charge in [0.2, 0.25) is 0 Å².